The highest BCUT2D eigenvalue weighted by Crippen LogP contribution is 2.69. The number of fused-ring (bicyclic) bond motifs is 5. The highest BCUT2D eigenvalue weighted by atomic mass is 19.4. The van der Waals surface area contributed by atoms with Crippen molar-refractivity contribution >= 4 is 0 Å². The van der Waals surface area contributed by atoms with Crippen molar-refractivity contribution in [3.05, 3.63) is 0 Å². The molecule has 4 aliphatic rings. The van der Waals surface area contributed by atoms with Crippen LogP contribution in [0.4, 0.5) is 13.2 Å². The van der Waals surface area contributed by atoms with Crippen LogP contribution < -0.4 is 0 Å². The minimum Gasteiger partial charge on any atom is -0.392 e. The molecule has 0 aromatic rings. The molecule has 0 radical (unpaired) electrons. The second-order valence-electron chi connectivity index (χ2n) is 13.8. The SMILES string of the molecule is C[C@H]([C@@H](O)C(C)(C)C)[C@H]1CC[C@H]2[C@@H]3CC[C@@H]4C[C@@](O)(C(F)(F)F)CC[C@]4(C)[C@H]3CC[C@]12C. The fraction of sp³-hybridized carbons (Fsp3) is 1.00. The van der Waals surface area contributed by atoms with Crippen LogP contribution in [0.5, 0.6) is 0 Å². The minimum absolute atomic E-state index is 0.0349. The Kier molecular flexibility index (Phi) is 5.90. The molecule has 4 saturated carbocycles. The molecular weight excluding hydrogens is 413 g/mol. The van der Waals surface area contributed by atoms with Crippen molar-refractivity contribution in [2.45, 2.75) is 117 Å². The lowest BCUT2D eigenvalue weighted by atomic mass is 9.43. The summed E-state index contributed by atoms with van der Waals surface area (Å²) in [6, 6.07) is 0. The third-order valence-electron chi connectivity index (χ3n) is 11.3. The first-order valence-corrected chi connectivity index (χ1v) is 13.0. The molecule has 0 saturated heterocycles. The van der Waals surface area contributed by atoms with Crippen molar-refractivity contribution in [2.24, 2.45) is 51.8 Å². The molecule has 0 spiro atoms. The number of rotatable bonds is 2. The minimum atomic E-state index is -4.53. The predicted octanol–water partition coefficient (Wildman–Crippen LogP) is 6.98. The van der Waals surface area contributed by atoms with E-state index in [-0.39, 0.29) is 47.0 Å². The Morgan fingerprint density at radius 2 is 1.47 bits per heavy atom. The number of aliphatic hydroxyl groups is 2. The number of alkyl halides is 3. The van der Waals surface area contributed by atoms with Gasteiger partial charge in [0, 0.05) is 0 Å². The summed E-state index contributed by atoms with van der Waals surface area (Å²) < 4.78 is 40.7. The molecule has 10 atom stereocenters. The Bertz CT molecular complexity index is 715. The largest absolute Gasteiger partial charge is 0.417 e. The number of hydrogen-bond acceptors (Lipinski definition) is 2. The van der Waals surface area contributed by atoms with Crippen LogP contribution in [-0.4, -0.2) is 28.1 Å². The van der Waals surface area contributed by atoms with Gasteiger partial charge in [-0.05, 0) is 110 Å². The Labute approximate surface area is 192 Å². The van der Waals surface area contributed by atoms with Crippen molar-refractivity contribution in [3.63, 3.8) is 0 Å². The lowest BCUT2D eigenvalue weighted by molar-refractivity contribution is -0.290. The first kappa shape index (κ1) is 24.8. The molecule has 2 N–H and O–H groups in total. The molecule has 2 nitrogen and oxygen atoms in total. The average Bonchev–Trinajstić information content (AvgIpc) is 3.03. The van der Waals surface area contributed by atoms with Crippen molar-refractivity contribution in [1.29, 1.82) is 0 Å². The molecule has 0 heterocycles. The van der Waals surface area contributed by atoms with Crippen LogP contribution in [0.25, 0.3) is 0 Å². The van der Waals surface area contributed by atoms with Crippen LogP contribution in [0, 0.1) is 51.8 Å². The number of hydrogen-bond donors (Lipinski definition) is 2. The Balaban J connectivity index is 1.54. The lowest BCUT2D eigenvalue weighted by Crippen LogP contribution is -2.59. The van der Waals surface area contributed by atoms with Gasteiger partial charge < -0.3 is 10.2 Å². The molecule has 4 rings (SSSR count). The molecule has 0 unspecified atom stereocenters. The van der Waals surface area contributed by atoms with E-state index in [2.05, 4.69) is 41.5 Å². The van der Waals surface area contributed by atoms with E-state index >= 15 is 0 Å². The fourth-order valence-corrected chi connectivity index (χ4v) is 9.42. The van der Waals surface area contributed by atoms with Crippen molar-refractivity contribution in [2.75, 3.05) is 0 Å². The van der Waals surface area contributed by atoms with Gasteiger partial charge in [0.25, 0.3) is 0 Å². The molecule has 32 heavy (non-hydrogen) atoms. The molecule has 5 heteroatoms. The highest BCUT2D eigenvalue weighted by molar-refractivity contribution is 5.12. The summed E-state index contributed by atoms with van der Waals surface area (Å²) in [4.78, 5) is 0. The van der Waals surface area contributed by atoms with Gasteiger partial charge in [-0.25, -0.2) is 0 Å². The summed E-state index contributed by atoms with van der Waals surface area (Å²) in [6.07, 6.45) is 1.74. The first-order valence-electron chi connectivity index (χ1n) is 13.0. The second-order valence-corrected chi connectivity index (χ2v) is 13.8. The van der Waals surface area contributed by atoms with E-state index in [0.717, 1.165) is 32.1 Å². The molecule has 186 valence electrons. The Morgan fingerprint density at radius 3 is 2.06 bits per heavy atom. The third kappa shape index (κ3) is 3.58. The maximum atomic E-state index is 13.6. The maximum Gasteiger partial charge on any atom is 0.417 e. The molecule has 4 fully saturated rings. The molecular formula is C27H45F3O2. The summed E-state index contributed by atoms with van der Waals surface area (Å²) in [7, 11) is 0. The summed E-state index contributed by atoms with van der Waals surface area (Å²) in [6.45, 7) is 13.3. The monoisotopic (exact) mass is 458 g/mol. The van der Waals surface area contributed by atoms with E-state index in [4.69, 9.17) is 0 Å². The van der Waals surface area contributed by atoms with E-state index in [0.29, 0.717) is 30.1 Å². The average molecular weight is 459 g/mol. The van der Waals surface area contributed by atoms with E-state index in [9.17, 15) is 23.4 Å². The number of halogens is 3. The van der Waals surface area contributed by atoms with E-state index in [1.165, 1.54) is 6.42 Å². The standard InChI is InChI=1S/C27H45F3O2/c1-16(22(31)23(2,3)4)19-9-10-20-18-8-7-17-15-26(32,27(28,29)30)14-13-24(17,5)21(18)11-12-25(19,20)6/h16-22,31-32H,7-15H2,1-6H3/t16-,17+,18-,19+,20-,21-,22+,24-,25+,26+/m0/s1. The predicted molar refractivity (Wildman–Crippen MR) is 121 cm³/mol. The van der Waals surface area contributed by atoms with Gasteiger partial charge in [0.1, 0.15) is 0 Å². The van der Waals surface area contributed by atoms with Crippen molar-refractivity contribution in [1.82, 2.24) is 0 Å². The zero-order valence-electron chi connectivity index (χ0n) is 20.9. The van der Waals surface area contributed by atoms with Crippen LogP contribution in [0.2, 0.25) is 0 Å². The van der Waals surface area contributed by atoms with Crippen LogP contribution in [0.1, 0.15) is 99.3 Å². The van der Waals surface area contributed by atoms with Gasteiger partial charge in [-0.2, -0.15) is 13.2 Å². The summed E-state index contributed by atoms with van der Waals surface area (Å²) >= 11 is 0. The Morgan fingerprint density at radius 1 is 0.844 bits per heavy atom. The van der Waals surface area contributed by atoms with E-state index < -0.39 is 11.8 Å². The van der Waals surface area contributed by atoms with Crippen molar-refractivity contribution in [3.8, 4) is 0 Å². The topological polar surface area (TPSA) is 40.5 Å². The molecule has 0 bridgehead atoms. The van der Waals surface area contributed by atoms with Gasteiger partial charge in [-0.1, -0.05) is 41.5 Å². The van der Waals surface area contributed by atoms with Crippen LogP contribution in [0.15, 0.2) is 0 Å². The van der Waals surface area contributed by atoms with Crippen LogP contribution >= 0.6 is 0 Å². The Hall–Kier alpha value is -0.290. The first-order chi connectivity index (χ1) is 14.5. The molecule has 0 aliphatic heterocycles. The van der Waals surface area contributed by atoms with Gasteiger partial charge in [-0.15, -0.1) is 0 Å². The van der Waals surface area contributed by atoms with Gasteiger partial charge in [-0.3, -0.25) is 0 Å². The van der Waals surface area contributed by atoms with Gasteiger partial charge in [0.15, 0.2) is 5.60 Å². The molecule has 0 aromatic carbocycles. The quantitative estimate of drug-likeness (QED) is 0.468. The molecule has 4 aliphatic carbocycles. The van der Waals surface area contributed by atoms with Crippen LogP contribution in [-0.2, 0) is 0 Å². The van der Waals surface area contributed by atoms with E-state index in [1.54, 1.807) is 0 Å². The smallest absolute Gasteiger partial charge is 0.392 e. The second kappa shape index (κ2) is 7.60. The van der Waals surface area contributed by atoms with E-state index in [1.807, 2.05) is 0 Å². The molecule has 0 aromatic heterocycles. The number of aliphatic hydroxyl groups excluding tert-OH is 1. The zero-order valence-corrected chi connectivity index (χ0v) is 20.9. The summed E-state index contributed by atoms with van der Waals surface area (Å²) in [5, 5.41) is 21.5. The molecule has 0 amide bonds. The zero-order chi connectivity index (χ0) is 23.9. The summed E-state index contributed by atoms with van der Waals surface area (Å²) in [5.74, 6) is 2.39. The van der Waals surface area contributed by atoms with Crippen LogP contribution in [0.3, 0.4) is 0 Å². The lowest BCUT2D eigenvalue weighted by Gasteiger charge is -2.62. The van der Waals surface area contributed by atoms with Crippen molar-refractivity contribution < 1.29 is 23.4 Å². The van der Waals surface area contributed by atoms with Gasteiger partial charge >= 0.3 is 6.18 Å². The summed E-state index contributed by atoms with van der Waals surface area (Å²) in [5.41, 5.74) is -2.49. The van der Waals surface area contributed by atoms with Gasteiger partial charge in [0.2, 0.25) is 0 Å². The maximum absolute atomic E-state index is 13.6. The van der Waals surface area contributed by atoms with Gasteiger partial charge in [0.05, 0.1) is 6.10 Å². The normalized spacial score (nSPS) is 49.0. The highest BCUT2D eigenvalue weighted by Gasteiger charge is 2.65. The third-order valence-corrected chi connectivity index (χ3v) is 11.3. The fourth-order valence-electron chi connectivity index (χ4n) is 9.42.